The summed E-state index contributed by atoms with van der Waals surface area (Å²) in [4.78, 5) is 2.61. The number of rotatable bonds is 4. The molecule has 0 aliphatic carbocycles. The Bertz CT molecular complexity index is 384. The minimum absolute atomic E-state index is 0.482. The second-order valence-electron chi connectivity index (χ2n) is 6.28. The summed E-state index contributed by atoms with van der Waals surface area (Å²) in [5, 5.41) is 3.26. The highest BCUT2D eigenvalue weighted by Crippen LogP contribution is 2.29. The van der Waals surface area contributed by atoms with E-state index in [-0.39, 0.29) is 0 Å². The lowest BCUT2D eigenvalue weighted by Gasteiger charge is -2.38. The first-order valence-electron chi connectivity index (χ1n) is 7.04. The van der Waals surface area contributed by atoms with Crippen LogP contribution in [0.2, 0.25) is 0 Å². The van der Waals surface area contributed by atoms with Crippen molar-refractivity contribution in [3.63, 3.8) is 0 Å². The molecule has 2 heteroatoms. The normalized spacial score (nSPS) is 19.9. The van der Waals surface area contributed by atoms with Crippen LogP contribution < -0.4 is 5.32 Å². The predicted octanol–water partition coefficient (Wildman–Crippen LogP) is 3.03. The zero-order valence-corrected chi connectivity index (χ0v) is 12.0. The van der Waals surface area contributed by atoms with Crippen LogP contribution in [0.3, 0.4) is 0 Å². The van der Waals surface area contributed by atoms with Gasteiger partial charge in [-0.3, -0.25) is 4.90 Å². The van der Waals surface area contributed by atoms with Crippen LogP contribution in [-0.2, 0) is 13.1 Å². The number of hydrogen-bond donors (Lipinski definition) is 1. The van der Waals surface area contributed by atoms with E-state index in [4.69, 9.17) is 0 Å². The Morgan fingerprint density at radius 1 is 1.22 bits per heavy atom. The van der Waals surface area contributed by atoms with Gasteiger partial charge in [0, 0.05) is 19.6 Å². The Labute approximate surface area is 111 Å². The van der Waals surface area contributed by atoms with Crippen molar-refractivity contribution in [2.45, 2.75) is 39.8 Å². The summed E-state index contributed by atoms with van der Waals surface area (Å²) in [5.41, 5.74) is 3.39. The molecule has 0 amide bonds. The molecule has 0 atom stereocenters. The molecule has 1 aromatic carbocycles. The van der Waals surface area contributed by atoms with Crippen molar-refractivity contribution in [1.29, 1.82) is 0 Å². The van der Waals surface area contributed by atoms with Crippen LogP contribution >= 0.6 is 0 Å². The van der Waals surface area contributed by atoms with E-state index in [0.29, 0.717) is 5.41 Å². The third-order valence-corrected chi connectivity index (χ3v) is 3.86. The molecule has 1 aliphatic rings. The van der Waals surface area contributed by atoms with Crippen LogP contribution in [0.5, 0.6) is 0 Å². The second-order valence-corrected chi connectivity index (χ2v) is 6.28. The fourth-order valence-electron chi connectivity index (χ4n) is 3.00. The Morgan fingerprint density at radius 3 is 2.61 bits per heavy atom. The number of piperidine rings is 1. The zero-order chi connectivity index (χ0) is 13.0. The van der Waals surface area contributed by atoms with Crippen LogP contribution in [0.25, 0.3) is 0 Å². The third kappa shape index (κ3) is 3.56. The Morgan fingerprint density at radius 2 is 1.94 bits per heavy atom. The number of nitrogens with zero attached hydrogens (tertiary/aromatic N) is 1. The van der Waals surface area contributed by atoms with Gasteiger partial charge in [0.05, 0.1) is 0 Å². The summed E-state index contributed by atoms with van der Waals surface area (Å²) in [6.07, 6.45) is 2.70. The Hall–Kier alpha value is -0.860. The van der Waals surface area contributed by atoms with Gasteiger partial charge in [-0.2, -0.15) is 0 Å². The number of likely N-dealkylation sites (tertiary alicyclic amines) is 1. The van der Waals surface area contributed by atoms with Crippen LogP contribution in [0.15, 0.2) is 24.3 Å². The summed E-state index contributed by atoms with van der Waals surface area (Å²) in [7, 11) is 2.01. The highest BCUT2D eigenvalue weighted by molar-refractivity contribution is 5.27. The first-order chi connectivity index (χ1) is 8.61. The summed E-state index contributed by atoms with van der Waals surface area (Å²) in [6, 6.07) is 8.80. The van der Waals surface area contributed by atoms with Crippen molar-refractivity contribution in [3.05, 3.63) is 35.4 Å². The van der Waals surface area contributed by atoms with E-state index in [1.54, 1.807) is 0 Å². The quantitative estimate of drug-likeness (QED) is 0.878. The maximum absolute atomic E-state index is 3.26. The lowest BCUT2D eigenvalue weighted by molar-refractivity contribution is 0.111. The summed E-state index contributed by atoms with van der Waals surface area (Å²) >= 11 is 0. The molecule has 0 aromatic heterocycles. The maximum Gasteiger partial charge on any atom is 0.0237 e. The first-order valence-corrected chi connectivity index (χ1v) is 7.04. The minimum atomic E-state index is 0.482. The van der Waals surface area contributed by atoms with Gasteiger partial charge in [0.25, 0.3) is 0 Å². The molecule has 0 saturated carbocycles. The predicted molar refractivity (Wildman–Crippen MR) is 77.5 cm³/mol. The van der Waals surface area contributed by atoms with Gasteiger partial charge in [-0.1, -0.05) is 38.1 Å². The van der Waals surface area contributed by atoms with Crippen molar-refractivity contribution >= 4 is 0 Å². The van der Waals surface area contributed by atoms with Gasteiger partial charge in [-0.15, -0.1) is 0 Å². The number of hydrogen-bond acceptors (Lipinski definition) is 2. The SMILES string of the molecule is CNCc1ccccc1CN1CCCC(C)(C)C1. The average Bonchev–Trinajstić information content (AvgIpc) is 2.31. The lowest BCUT2D eigenvalue weighted by Crippen LogP contribution is -2.39. The third-order valence-electron chi connectivity index (χ3n) is 3.86. The smallest absolute Gasteiger partial charge is 0.0237 e. The molecule has 1 heterocycles. The van der Waals surface area contributed by atoms with Crippen molar-refractivity contribution < 1.29 is 0 Å². The molecule has 1 aliphatic heterocycles. The van der Waals surface area contributed by atoms with Crippen molar-refractivity contribution in [1.82, 2.24) is 10.2 Å². The van der Waals surface area contributed by atoms with Crippen LogP contribution in [0, 0.1) is 5.41 Å². The van der Waals surface area contributed by atoms with E-state index in [1.165, 1.54) is 37.1 Å². The fraction of sp³-hybridized carbons (Fsp3) is 0.625. The molecule has 1 N–H and O–H groups in total. The molecule has 1 saturated heterocycles. The fourth-order valence-corrected chi connectivity index (χ4v) is 3.00. The molecule has 100 valence electrons. The van der Waals surface area contributed by atoms with E-state index in [2.05, 4.69) is 48.3 Å². The second kappa shape index (κ2) is 5.85. The molecular weight excluding hydrogens is 220 g/mol. The Balaban J connectivity index is 2.04. The molecule has 1 aromatic rings. The minimum Gasteiger partial charge on any atom is -0.316 e. The van der Waals surface area contributed by atoms with E-state index < -0.39 is 0 Å². The molecule has 1 fully saturated rings. The van der Waals surface area contributed by atoms with E-state index in [9.17, 15) is 0 Å². The van der Waals surface area contributed by atoms with Gasteiger partial charge >= 0.3 is 0 Å². The highest BCUT2D eigenvalue weighted by Gasteiger charge is 2.26. The van der Waals surface area contributed by atoms with E-state index in [1.807, 2.05) is 7.05 Å². The lowest BCUT2D eigenvalue weighted by atomic mass is 9.84. The molecular formula is C16H26N2. The molecule has 18 heavy (non-hydrogen) atoms. The first kappa shape index (κ1) is 13.6. The molecule has 0 spiro atoms. The van der Waals surface area contributed by atoms with Gasteiger partial charge < -0.3 is 5.32 Å². The molecule has 0 radical (unpaired) electrons. The Kier molecular flexibility index (Phi) is 4.41. The van der Waals surface area contributed by atoms with Crippen LogP contribution in [-0.4, -0.2) is 25.0 Å². The van der Waals surface area contributed by atoms with E-state index in [0.717, 1.165) is 13.1 Å². The summed E-state index contributed by atoms with van der Waals surface area (Å²) < 4.78 is 0. The largest absolute Gasteiger partial charge is 0.316 e. The molecule has 0 bridgehead atoms. The summed E-state index contributed by atoms with van der Waals surface area (Å²) in [5.74, 6) is 0. The van der Waals surface area contributed by atoms with Crippen molar-refractivity contribution in [2.75, 3.05) is 20.1 Å². The maximum atomic E-state index is 3.26. The summed E-state index contributed by atoms with van der Waals surface area (Å²) in [6.45, 7) is 9.31. The standard InChI is InChI=1S/C16H26N2/c1-16(2)9-6-10-18(13-16)12-15-8-5-4-7-14(15)11-17-3/h4-5,7-8,17H,6,9-13H2,1-3H3. The van der Waals surface area contributed by atoms with E-state index >= 15 is 0 Å². The van der Waals surface area contributed by atoms with Crippen LogP contribution in [0.4, 0.5) is 0 Å². The molecule has 2 rings (SSSR count). The van der Waals surface area contributed by atoms with Gasteiger partial charge in [-0.05, 0) is 43.0 Å². The van der Waals surface area contributed by atoms with Gasteiger partial charge in [-0.25, -0.2) is 0 Å². The molecule has 2 nitrogen and oxygen atoms in total. The average molecular weight is 246 g/mol. The van der Waals surface area contributed by atoms with Gasteiger partial charge in [0.2, 0.25) is 0 Å². The number of nitrogens with one attached hydrogen (secondary N) is 1. The number of benzene rings is 1. The van der Waals surface area contributed by atoms with Crippen molar-refractivity contribution in [2.24, 2.45) is 5.41 Å². The van der Waals surface area contributed by atoms with Crippen molar-refractivity contribution in [3.8, 4) is 0 Å². The topological polar surface area (TPSA) is 15.3 Å². The zero-order valence-electron chi connectivity index (χ0n) is 12.0. The van der Waals surface area contributed by atoms with Crippen LogP contribution in [0.1, 0.15) is 37.8 Å². The molecule has 0 unspecified atom stereocenters. The van der Waals surface area contributed by atoms with Gasteiger partial charge in [0.15, 0.2) is 0 Å². The highest BCUT2D eigenvalue weighted by atomic mass is 15.1. The van der Waals surface area contributed by atoms with Gasteiger partial charge in [0.1, 0.15) is 0 Å². The monoisotopic (exact) mass is 246 g/mol.